The highest BCUT2D eigenvalue weighted by Crippen LogP contribution is 2.26. The van der Waals surface area contributed by atoms with Crippen LogP contribution in [0.4, 0.5) is 15.8 Å². The number of hydrogen-bond donors (Lipinski definition) is 0. The number of hydrogen-bond acceptors (Lipinski definition) is 1. The fourth-order valence-corrected chi connectivity index (χ4v) is 2.10. The number of halogens is 2. The van der Waals surface area contributed by atoms with Crippen LogP contribution in [0.15, 0.2) is 48.5 Å². The number of alkyl halides is 1. The van der Waals surface area contributed by atoms with Crippen molar-refractivity contribution in [1.82, 2.24) is 0 Å². The van der Waals surface area contributed by atoms with E-state index in [1.54, 1.807) is 12.1 Å². The first-order valence-electron chi connectivity index (χ1n) is 5.92. The van der Waals surface area contributed by atoms with E-state index in [4.69, 9.17) is 11.6 Å². The molecule has 0 radical (unpaired) electrons. The molecule has 2 aromatic rings. The second-order valence-electron chi connectivity index (χ2n) is 4.02. The Labute approximate surface area is 112 Å². The van der Waals surface area contributed by atoms with E-state index in [9.17, 15) is 4.39 Å². The average Bonchev–Trinajstić information content (AvgIpc) is 2.40. The third-order valence-electron chi connectivity index (χ3n) is 2.84. The van der Waals surface area contributed by atoms with Crippen molar-refractivity contribution in [3.05, 3.63) is 59.9 Å². The van der Waals surface area contributed by atoms with E-state index in [0.29, 0.717) is 5.88 Å². The predicted octanol–water partition coefficient (Wildman–Crippen LogP) is 4.72. The average molecular weight is 264 g/mol. The third kappa shape index (κ3) is 2.82. The molecule has 3 heteroatoms. The molecule has 0 aliphatic carbocycles. The van der Waals surface area contributed by atoms with E-state index in [1.807, 2.05) is 37.3 Å². The van der Waals surface area contributed by atoms with E-state index in [1.165, 1.54) is 6.07 Å². The molecule has 0 amide bonds. The molecule has 0 bridgehead atoms. The molecule has 2 aromatic carbocycles. The van der Waals surface area contributed by atoms with Crippen LogP contribution in [-0.4, -0.2) is 6.54 Å². The van der Waals surface area contributed by atoms with Gasteiger partial charge >= 0.3 is 0 Å². The summed E-state index contributed by atoms with van der Waals surface area (Å²) >= 11 is 5.77. The highest BCUT2D eigenvalue weighted by Gasteiger charge is 2.07. The van der Waals surface area contributed by atoms with Crippen molar-refractivity contribution < 1.29 is 4.39 Å². The molecule has 2 rings (SSSR count). The Bertz CT molecular complexity index is 510. The van der Waals surface area contributed by atoms with Gasteiger partial charge in [0.25, 0.3) is 0 Å². The fraction of sp³-hybridized carbons (Fsp3) is 0.200. The minimum atomic E-state index is -0.219. The van der Waals surface area contributed by atoms with Crippen molar-refractivity contribution in [3.63, 3.8) is 0 Å². The van der Waals surface area contributed by atoms with Gasteiger partial charge in [0, 0.05) is 23.8 Å². The normalized spacial score (nSPS) is 10.4. The summed E-state index contributed by atoms with van der Waals surface area (Å²) in [4.78, 5) is 2.06. The first-order valence-corrected chi connectivity index (χ1v) is 6.46. The summed E-state index contributed by atoms with van der Waals surface area (Å²) in [6, 6.07) is 14.6. The van der Waals surface area contributed by atoms with Gasteiger partial charge in [-0.25, -0.2) is 4.39 Å². The summed E-state index contributed by atoms with van der Waals surface area (Å²) in [5, 5.41) is 0. The largest absolute Gasteiger partial charge is 0.342 e. The van der Waals surface area contributed by atoms with Crippen LogP contribution >= 0.6 is 11.6 Å². The summed E-state index contributed by atoms with van der Waals surface area (Å²) < 4.78 is 13.3. The molecular weight excluding hydrogens is 249 g/mol. The molecule has 0 aliphatic rings. The van der Waals surface area contributed by atoms with Crippen molar-refractivity contribution in [2.45, 2.75) is 12.8 Å². The summed E-state index contributed by atoms with van der Waals surface area (Å²) in [6.07, 6.45) is 0. The Hall–Kier alpha value is -1.54. The smallest absolute Gasteiger partial charge is 0.125 e. The van der Waals surface area contributed by atoms with Gasteiger partial charge in [0.05, 0.1) is 0 Å². The van der Waals surface area contributed by atoms with E-state index in [0.717, 1.165) is 23.5 Å². The molecule has 0 aliphatic heterocycles. The standard InChI is InChI=1S/C15H15ClFN/c1-2-18(15-5-3-4-13(17)10-15)14-8-6-12(11-16)7-9-14/h3-10H,2,11H2,1H3. The Morgan fingerprint density at radius 2 is 1.78 bits per heavy atom. The van der Waals surface area contributed by atoms with Gasteiger partial charge in [0.2, 0.25) is 0 Å². The molecule has 94 valence electrons. The Kier molecular flexibility index (Phi) is 4.21. The topological polar surface area (TPSA) is 3.24 Å². The van der Waals surface area contributed by atoms with Crippen LogP contribution in [0.5, 0.6) is 0 Å². The molecule has 0 heterocycles. The van der Waals surface area contributed by atoms with Crippen LogP contribution in [0.3, 0.4) is 0 Å². The Morgan fingerprint density at radius 1 is 1.06 bits per heavy atom. The lowest BCUT2D eigenvalue weighted by molar-refractivity contribution is 0.627. The van der Waals surface area contributed by atoms with Gasteiger partial charge in [0.1, 0.15) is 5.82 Å². The van der Waals surface area contributed by atoms with Crippen LogP contribution in [-0.2, 0) is 5.88 Å². The van der Waals surface area contributed by atoms with Gasteiger partial charge in [-0.1, -0.05) is 18.2 Å². The van der Waals surface area contributed by atoms with Crippen LogP contribution in [0.25, 0.3) is 0 Å². The molecular formula is C15H15ClFN. The highest BCUT2D eigenvalue weighted by atomic mass is 35.5. The van der Waals surface area contributed by atoms with Crippen LogP contribution in [0.1, 0.15) is 12.5 Å². The number of nitrogens with zero attached hydrogens (tertiary/aromatic N) is 1. The van der Waals surface area contributed by atoms with Gasteiger partial charge in [-0.3, -0.25) is 0 Å². The van der Waals surface area contributed by atoms with E-state index in [2.05, 4.69) is 4.90 Å². The van der Waals surface area contributed by atoms with Crippen LogP contribution in [0, 0.1) is 5.82 Å². The second kappa shape index (κ2) is 5.87. The Balaban J connectivity index is 2.32. The molecule has 0 atom stereocenters. The van der Waals surface area contributed by atoms with Crippen molar-refractivity contribution in [2.75, 3.05) is 11.4 Å². The van der Waals surface area contributed by atoms with E-state index >= 15 is 0 Å². The zero-order valence-corrected chi connectivity index (χ0v) is 11.0. The Morgan fingerprint density at radius 3 is 2.33 bits per heavy atom. The van der Waals surface area contributed by atoms with E-state index in [-0.39, 0.29) is 5.82 Å². The molecule has 0 aromatic heterocycles. The minimum Gasteiger partial charge on any atom is -0.342 e. The second-order valence-corrected chi connectivity index (χ2v) is 4.29. The molecule has 0 saturated carbocycles. The van der Waals surface area contributed by atoms with Gasteiger partial charge in [0.15, 0.2) is 0 Å². The first-order chi connectivity index (χ1) is 8.74. The SMILES string of the molecule is CCN(c1ccc(CCl)cc1)c1cccc(F)c1. The highest BCUT2D eigenvalue weighted by molar-refractivity contribution is 6.17. The van der Waals surface area contributed by atoms with Gasteiger partial charge < -0.3 is 4.90 Å². The molecule has 0 fully saturated rings. The third-order valence-corrected chi connectivity index (χ3v) is 3.15. The first kappa shape index (κ1) is 12.9. The van der Waals surface area contributed by atoms with Crippen molar-refractivity contribution >= 4 is 23.0 Å². The van der Waals surface area contributed by atoms with Gasteiger partial charge in [-0.05, 0) is 42.8 Å². The zero-order valence-electron chi connectivity index (χ0n) is 10.2. The van der Waals surface area contributed by atoms with Crippen LogP contribution in [0.2, 0.25) is 0 Å². The maximum Gasteiger partial charge on any atom is 0.125 e. The van der Waals surface area contributed by atoms with Gasteiger partial charge in [-0.15, -0.1) is 11.6 Å². The number of rotatable bonds is 4. The zero-order chi connectivity index (χ0) is 13.0. The van der Waals surface area contributed by atoms with Crippen LogP contribution < -0.4 is 4.90 Å². The van der Waals surface area contributed by atoms with Gasteiger partial charge in [-0.2, -0.15) is 0 Å². The maximum absolute atomic E-state index is 13.3. The fourth-order valence-electron chi connectivity index (χ4n) is 1.92. The lowest BCUT2D eigenvalue weighted by Crippen LogP contribution is -2.15. The molecule has 0 saturated heterocycles. The van der Waals surface area contributed by atoms with Crippen molar-refractivity contribution in [3.8, 4) is 0 Å². The lowest BCUT2D eigenvalue weighted by atomic mass is 10.2. The van der Waals surface area contributed by atoms with Crippen molar-refractivity contribution in [2.24, 2.45) is 0 Å². The maximum atomic E-state index is 13.3. The summed E-state index contributed by atoms with van der Waals surface area (Å²) in [7, 11) is 0. The number of benzene rings is 2. The minimum absolute atomic E-state index is 0.219. The summed E-state index contributed by atoms with van der Waals surface area (Å²) in [6.45, 7) is 2.82. The predicted molar refractivity (Wildman–Crippen MR) is 75.1 cm³/mol. The van der Waals surface area contributed by atoms with Crippen molar-refractivity contribution in [1.29, 1.82) is 0 Å². The monoisotopic (exact) mass is 263 g/mol. The molecule has 18 heavy (non-hydrogen) atoms. The molecule has 1 nitrogen and oxygen atoms in total. The lowest BCUT2D eigenvalue weighted by Gasteiger charge is -2.23. The molecule has 0 spiro atoms. The molecule has 0 N–H and O–H groups in total. The molecule has 0 unspecified atom stereocenters. The quantitative estimate of drug-likeness (QED) is 0.722. The van der Waals surface area contributed by atoms with E-state index < -0.39 is 0 Å². The summed E-state index contributed by atoms with van der Waals surface area (Å²) in [5.74, 6) is 0.287. The number of anilines is 2. The summed E-state index contributed by atoms with van der Waals surface area (Å²) in [5.41, 5.74) is 2.98.